The molecule has 2 unspecified atom stereocenters. The molecule has 0 fully saturated rings. The minimum Gasteiger partial charge on any atom is -0.389 e. The van der Waals surface area contributed by atoms with Crippen molar-refractivity contribution in [1.29, 1.82) is 0 Å². The summed E-state index contributed by atoms with van der Waals surface area (Å²) in [5.74, 6) is -0.884. The van der Waals surface area contributed by atoms with E-state index in [0.29, 0.717) is 6.42 Å². The lowest BCUT2D eigenvalue weighted by Crippen LogP contribution is -2.71. The van der Waals surface area contributed by atoms with Crippen LogP contribution in [0, 0.1) is 5.92 Å². The van der Waals surface area contributed by atoms with Gasteiger partial charge in [0.15, 0.2) is 11.4 Å². The zero-order valence-corrected chi connectivity index (χ0v) is 17.1. The first kappa shape index (κ1) is 22.7. The van der Waals surface area contributed by atoms with Crippen molar-refractivity contribution in [3.63, 3.8) is 0 Å². The van der Waals surface area contributed by atoms with E-state index in [1.807, 2.05) is 50.2 Å². The third-order valence-corrected chi connectivity index (χ3v) is 4.73. The average Bonchev–Trinajstić information content (AvgIpc) is 2.67. The Labute approximate surface area is 171 Å². The Hall–Kier alpha value is -2.61. The molecular weight excluding hydrogens is 368 g/mol. The third kappa shape index (κ3) is 5.93. The monoisotopic (exact) mass is 398 g/mol. The van der Waals surface area contributed by atoms with Crippen molar-refractivity contribution in [2.45, 2.75) is 51.4 Å². The van der Waals surface area contributed by atoms with Crippen LogP contribution in [0.4, 0.5) is 0 Å². The molecular formula is C22H30N4O3. The van der Waals surface area contributed by atoms with Crippen LogP contribution in [-0.2, 0) is 16.0 Å². The van der Waals surface area contributed by atoms with Gasteiger partial charge in [-0.3, -0.25) is 14.6 Å². The normalized spacial score (nSPS) is 15.4. The first-order chi connectivity index (χ1) is 13.6. The quantitative estimate of drug-likeness (QED) is 0.472. The predicted octanol–water partition coefficient (Wildman–Crippen LogP) is 1.39. The zero-order valence-electron chi connectivity index (χ0n) is 17.1. The molecule has 1 amide bonds. The number of nitrogens with zero attached hydrogens (tertiary/aromatic N) is 1. The largest absolute Gasteiger partial charge is 0.389 e. The van der Waals surface area contributed by atoms with Crippen molar-refractivity contribution in [1.82, 2.24) is 10.3 Å². The molecule has 1 aromatic carbocycles. The van der Waals surface area contributed by atoms with Gasteiger partial charge in [0.05, 0.1) is 24.3 Å². The Morgan fingerprint density at radius 1 is 1.17 bits per heavy atom. The Morgan fingerprint density at radius 2 is 1.90 bits per heavy atom. The molecule has 0 bridgehead atoms. The molecule has 0 saturated carbocycles. The zero-order chi connectivity index (χ0) is 21.6. The Balaban J connectivity index is 2.14. The van der Waals surface area contributed by atoms with Crippen LogP contribution >= 0.6 is 0 Å². The van der Waals surface area contributed by atoms with Gasteiger partial charge in [-0.05, 0) is 43.0 Å². The molecule has 6 N–H and O–H groups in total. The van der Waals surface area contributed by atoms with Gasteiger partial charge in [-0.1, -0.05) is 38.1 Å². The number of pyridine rings is 1. The number of benzene rings is 1. The number of hydrogen-bond donors (Lipinski definition) is 4. The lowest BCUT2D eigenvalue weighted by molar-refractivity contribution is -0.137. The van der Waals surface area contributed by atoms with E-state index in [1.54, 1.807) is 12.3 Å². The maximum atomic E-state index is 12.7. The Bertz CT molecular complexity index is 839. The van der Waals surface area contributed by atoms with Crippen LogP contribution < -0.4 is 16.8 Å². The van der Waals surface area contributed by atoms with Gasteiger partial charge in [0.1, 0.15) is 0 Å². The van der Waals surface area contributed by atoms with Gasteiger partial charge >= 0.3 is 0 Å². The second-order valence-corrected chi connectivity index (χ2v) is 7.79. The molecule has 7 nitrogen and oxygen atoms in total. The van der Waals surface area contributed by atoms with E-state index in [0.717, 1.165) is 16.8 Å². The van der Waals surface area contributed by atoms with Gasteiger partial charge in [-0.15, -0.1) is 0 Å². The first-order valence-electron chi connectivity index (χ1n) is 9.71. The molecule has 1 aromatic heterocycles. The standard InChI is InChI=1S/C22H30N4O3/c1-14(2)11-18(23)21(29)22(24,15(3)27)26-20(28)13-16-7-6-8-17(12-16)19-9-4-5-10-25-19/h4-10,12,14-15,18,27H,11,13,23-24H2,1-3H3,(H,26,28)/t15?,18-,22?/m0/s1. The molecule has 1 heterocycles. The number of ketones is 1. The van der Waals surface area contributed by atoms with Crippen LogP contribution in [0.3, 0.4) is 0 Å². The number of rotatable bonds is 9. The second kappa shape index (κ2) is 9.73. The fraction of sp³-hybridized carbons (Fsp3) is 0.409. The van der Waals surface area contributed by atoms with Gasteiger partial charge in [0.2, 0.25) is 5.91 Å². The van der Waals surface area contributed by atoms with Crippen molar-refractivity contribution in [3.8, 4) is 11.3 Å². The molecule has 3 atom stereocenters. The number of aliphatic hydroxyl groups excluding tert-OH is 1. The molecule has 0 aliphatic rings. The molecule has 0 aliphatic heterocycles. The molecule has 2 rings (SSSR count). The summed E-state index contributed by atoms with van der Waals surface area (Å²) in [6.07, 6.45) is 0.814. The number of nitrogens with two attached hydrogens (primary N) is 2. The maximum Gasteiger partial charge on any atom is 0.226 e. The molecule has 0 radical (unpaired) electrons. The molecule has 156 valence electrons. The second-order valence-electron chi connectivity index (χ2n) is 7.79. The Kier molecular flexibility index (Phi) is 7.61. The smallest absolute Gasteiger partial charge is 0.226 e. The van der Waals surface area contributed by atoms with Crippen LogP contribution in [-0.4, -0.2) is 39.6 Å². The number of carbonyl (C=O) groups is 2. The van der Waals surface area contributed by atoms with Crippen LogP contribution in [0.15, 0.2) is 48.7 Å². The summed E-state index contributed by atoms with van der Waals surface area (Å²) in [4.78, 5) is 29.7. The fourth-order valence-electron chi connectivity index (χ4n) is 3.13. The summed E-state index contributed by atoms with van der Waals surface area (Å²) in [6.45, 7) is 5.23. The number of nitrogens with one attached hydrogen (secondary N) is 1. The summed E-state index contributed by atoms with van der Waals surface area (Å²) < 4.78 is 0. The van der Waals surface area contributed by atoms with E-state index < -0.39 is 29.5 Å². The number of amides is 1. The van der Waals surface area contributed by atoms with E-state index >= 15 is 0 Å². The topological polar surface area (TPSA) is 131 Å². The van der Waals surface area contributed by atoms with Crippen molar-refractivity contribution in [2.24, 2.45) is 17.4 Å². The summed E-state index contributed by atoms with van der Waals surface area (Å²) in [5, 5.41) is 12.6. The summed E-state index contributed by atoms with van der Waals surface area (Å²) in [5.41, 5.74) is 12.5. The fourth-order valence-corrected chi connectivity index (χ4v) is 3.13. The van der Waals surface area contributed by atoms with Crippen LogP contribution in [0.2, 0.25) is 0 Å². The van der Waals surface area contributed by atoms with Crippen molar-refractivity contribution in [2.75, 3.05) is 0 Å². The van der Waals surface area contributed by atoms with Gasteiger partial charge in [-0.25, -0.2) is 0 Å². The van der Waals surface area contributed by atoms with E-state index in [1.165, 1.54) is 6.92 Å². The van der Waals surface area contributed by atoms with Crippen molar-refractivity contribution in [3.05, 3.63) is 54.2 Å². The number of aliphatic hydroxyl groups is 1. The third-order valence-electron chi connectivity index (χ3n) is 4.73. The van der Waals surface area contributed by atoms with Crippen molar-refractivity contribution >= 4 is 11.7 Å². The van der Waals surface area contributed by atoms with Crippen LogP contribution in [0.5, 0.6) is 0 Å². The molecule has 0 saturated heterocycles. The summed E-state index contributed by atoms with van der Waals surface area (Å²) in [7, 11) is 0. The van der Waals surface area contributed by atoms with Crippen LogP contribution in [0.25, 0.3) is 11.3 Å². The number of hydrogen-bond acceptors (Lipinski definition) is 6. The van der Waals surface area contributed by atoms with Crippen molar-refractivity contribution < 1.29 is 14.7 Å². The van der Waals surface area contributed by atoms with Gasteiger partial charge in [-0.2, -0.15) is 0 Å². The lowest BCUT2D eigenvalue weighted by Gasteiger charge is -2.34. The predicted molar refractivity (Wildman–Crippen MR) is 113 cm³/mol. The minimum absolute atomic E-state index is 0.000950. The van der Waals surface area contributed by atoms with E-state index in [-0.39, 0.29) is 12.3 Å². The molecule has 7 heteroatoms. The van der Waals surface area contributed by atoms with Gasteiger partial charge in [0.25, 0.3) is 0 Å². The number of Topliss-reactive ketones (excluding diaryl/α,β-unsaturated/α-hetero) is 1. The SMILES string of the molecule is CC(C)C[C@H](N)C(=O)C(N)(NC(=O)Cc1cccc(-c2ccccn2)c1)C(C)O. The maximum absolute atomic E-state index is 12.7. The lowest BCUT2D eigenvalue weighted by atomic mass is 9.89. The van der Waals surface area contributed by atoms with Crippen LogP contribution in [0.1, 0.15) is 32.8 Å². The van der Waals surface area contributed by atoms with E-state index in [2.05, 4.69) is 10.3 Å². The van der Waals surface area contributed by atoms with E-state index in [4.69, 9.17) is 11.5 Å². The molecule has 0 spiro atoms. The highest BCUT2D eigenvalue weighted by atomic mass is 16.3. The van der Waals surface area contributed by atoms with Gasteiger partial charge < -0.3 is 21.9 Å². The highest BCUT2D eigenvalue weighted by molar-refractivity contribution is 5.96. The molecule has 2 aromatic rings. The number of aromatic nitrogens is 1. The highest BCUT2D eigenvalue weighted by Crippen LogP contribution is 2.18. The summed E-state index contributed by atoms with van der Waals surface area (Å²) >= 11 is 0. The number of carbonyl (C=O) groups excluding carboxylic acids is 2. The van der Waals surface area contributed by atoms with E-state index in [9.17, 15) is 14.7 Å². The van der Waals surface area contributed by atoms with Gasteiger partial charge in [0, 0.05) is 11.8 Å². The minimum atomic E-state index is -1.94. The Morgan fingerprint density at radius 3 is 2.48 bits per heavy atom. The first-order valence-corrected chi connectivity index (χ1v) is 9.71. The highest BCUT2D eigenvalue weighted by Gasteiger charge is 2.43. The average molecular weight is 399 g/mol. The molecule has 29 heavy (non-hydrogen) atoms. The summed E-state index contributed by atoms with van der Waals surface area (Å²) in [6, 6.07) is 12.1. The molecule has 0 aliphatic carbocycles.